The molecule has 1 N–H and O–H groups in total. The summed E-state index contributed by atoms with van der Waals surface area (Å²) in [6, 6.07) is 6.44. The van der Waals surface area contributed by atoms with Crippen LogP contribution in [0.5, 0.6) is 0 Å². The molecule has 1 unspecified atom stereocenters. The normalized spacial score (nSPS) is 20.2. The minimum Gasteiger partial charge on any atom is -0.342 e. The maximum Gasteiger partial charge on any atom is 0.236 e. The van der Waals surface area contributed by atoms with E-state index in [4.69, 9.17) is 11.6 Å². The quantitative estimate of drug-likeness (QED) is 0.772. The molecule has 4 nitrogen and oxygen atoms in total. The van der Waals surface area contributed by atoms with E-state index < -0.39 is 0 Å². The molecule has 2 aliphatic heterocycles. The molecule has 2 aliphatic rings. The van der Waals surface area contributed by atoms with Crippen molar-refractivity contribution in [2.24, 2.45) is 5.92 Å². The highest BCUT2D eigenvalue weighted by Crippen LogP contribution is 2.33. The maximum atomic E-state index is 12.1. The number of likely N-dealkylation sites (tertiary alicyclic amines) is 2. The molecule has 0 bridgehead atoms. The molecule has 27 heavy (non-hydrogen) atoms. The fourth-order valence-electron chi connectivity index (χ4n) is 4.70. The second kappa shape index (κ2) is 9.90. The van der Waals surface area contributed by atoms with Crippen molar-refractivity contribution in [2.45, 2.75) is 44.9 Å². The second-order valence-electron chi connectivity index (χ2n) is 8.35. The van der Waals surface area contributed by atoms with Crippen molar-refractivity contribution in [3.63, 3.8) is 0 Å². The number of nitrogens with zero attached hydrogens (tertiary/aromatic N) is 2. The molecule has 1 amide bonds. The minimum atomic E-state index is 0.214. The van der Waals surface area contributed by atoms with E-state index >= 15 is 0 Å². The summed E-state index contributed by atoms with van der Waals surface area (Å²) in [7, 11) is 1.83. The minimum absolute atomic E-state index is 0.214. The lowest BCUT2D eigenvalue weighted by Crippen LogP contribution is -2.42. The first-order valence-corrected chi connectivity index (χ1v) is 10.9. The number of nitrogens with one attached hydrogen (secondary N) is 1. The van der Waals surface area contributed by atoms with Gasteiger partial charge in [-0.15, -0.1) is 0 Å². The Morgan fingerprint density at radius 2 is 1.93 bits per heavy atom. The van der Waals surface area contributed by atoms with Crippen LogP contribution in [0.3, 0.4) is 0 Å². The van der Waals surface area contributed by atoms with E-state index in [1.807, 2.05) is 18.0 Å². The predicted molar refractivity (Wildman–Crippen MR) is 112 cm³/mol. The van der Waals surface area contributed by atoms with Crippen molar-refractivity contribution in [3.8, 4) is 0 Å². The summed E-state index contributed by atoms with van der Waals surface area (Å²) in [5.41, 5.74) is 2.86. The topological polar surface area (TPSA) is 35.6 Å². The Kier molecular flexibility index (Phi) is 7.57. The van der Waals surface area contributed by atoms with E-state index in [1.165, 1.54) is 43.6 Å². The van der Waals surface area contributed by atoms with E-state index in [0.717, 1.165) is 37.4 Å². The van der Waals surface area contributed by atoms with E-state index in [2.05, 4.69) is 29.3 Å². The van der Waals surface area contributed by atoms with Gasteiger partial charge < -0.3 is 15.1 Å². The van der Waals surface area contributed by atoms with Gasteiger partial charge >= 0.3 is 0 Å². The van der Waals surface area contributed by atoms with Gasteiger partial charge in [-0.3, -0.25) is 4.79 Å². The first-order chi connectivity index (χ1) is 13.1. The molecule has 0 aliphatic carbocycles. The van der Waals surface area contributed by atoms with Crippen LogP contribution in [0.4, 0.5) is 0 Å². The Labute approximate surface area is 169 Å². The molecule has 1 aromatic carbocycles. The Morgan fingerprint density at radius 3 is 2.59 bits per heavy atom. The Balaban J connectivity index is 1.63. The summed E-state index contributed by atoms with van der Waals surface area (Å²) in [5, 5.41) is 3.80. The highest BCUT2D eigenvalue weighted by Gasteiger charge is 2.25. The first kappa shape index (κ1) is 20.6. The van der Waals surface area contributed by atoms with E-state index in [9.17, 15) is 4.79 Å². The fourth-order valence-corrected chi connectivity index (χ4v) is 4.89. The molecule has 2 fully saturated rings. The van der Waals surface area contributed by atoms with Gasteiger partial charge in [0.1, 0.15) is 0 Å². The van der Waals surface area contributed by atoms with Crippen LogP contribution < -0.4 is 5.32 Å². The molecule has 1 atom stereocenters. The molecule has 2 saturated heterocycles. The summed E-state index contributed by atoms with van der Waals surface area (Å²) in [6.45, 7) is 8.21. The number of amides is 1. The average molecular weight is 392 g/mol. The molecule has 1 aromatic rings. The number of hydrogen-bond donors (Lipinski definition) is 1. The fraction of sp³-hybridized carbons (Fsp3) is 0.682. The number of rotatable bonds is 7. The summed E-state index contributed by atoms with van der Waals surface area (Å²) in [5.74, 6) is 1.39. The lowest BCUT2D eigenvalue weighted by atomic mass is 9.84. The summed E-state index contributed by atoms with van der Waals surface area (Å²) in [6.07, 6.45) is 5.88. The standard InChI is InChI=1S/C22H34ClN3O/c1-17(16-25-9-3-4-10-25)13-19-14-20(23)5-6-21(19)18-7-11-26(12-8-18)22(27)15-24-2/h5-6,14,17-18,24H,3-4,7-13,15-16H2,1-2H3. The number of likely N-dealkylation sites (N-methyl/N-ethyl adjacent to an activating group) is 1. The molecular weight excluding hydrogens is 358 g/mol. The number of carbonyl (C=O) groups excluding carboxylic acids is 1. The lowest BCUT2D eigenvalue weighted by molar-refractivity contribution is -0.131. The number of piperidine rings is 1. The Hall–Kier alpha value is -1.10. The molecule has 150 valence electrons. The van der Waals surface area contributed by atoms with Crippen molar-refractivity contribution in [2.75, 3.05) is 46.3 Å². The van der Waals surface area contributed by atoms with Gasteiger partial charge in [-0.05, 0) is 87.3 Å². The smallest absolute Gasteiger partial charge is 0.236 e. The van der Waals surface area contributed by atoms with Gasteiger partial charge in [0.15, 0.2) is 0 Å². The second-order valence-corrected chi connectivity index (χ2v) is 8.78. The van der Waals surface area contributed by atoms with Gasteiger partial charge in [0.05, 0.1) is 6.54 Å². The third-order valence-electron chi connectivity index (χ3n) is 6.06. The van der Waals surface area contributed by atoms with Gasteiger partial charge in [-0.1, -0.05) is 24.6 Å². The van der Waals surface area contributed by atoms with E-state index in [1.54, 1.807) is 0 Å². The molecule has 2 heterocycles. The highest BCUT2D eigenvalue weighted by molar-refractivity contribution is 6.30. The molecule has 0 spiro atoms. The Morgan fingerprint density at radius 1 is 1.22 bits per heavy atom. The van der Waals surface area contributed by atoms with Crippen LogP contribution >= 0.6 is 11.6 Å². The van der Waals surface area contributed by atoms with Crippen molar-refractivity contribution >= 4 is 17.5 Å². The van der Waals surface area contributed by atoms with Crippen molar-refractivity contribution in [1.82, 2.24) is 15.1 Å². The van der Waals surface area contributed by atoms with Gasteiger partial charge in [-0.2, -0.15) is 0 Å². The zero-order valence-electron chi connectivity index (χ0n) is 16.8. The molecule has 5 heteroatoms. The van der Waals surface area contributed by atoms with Gasteiger partial charge in [0.25, 0.3) is 0 Å². The van der Waals surface area contributed by atoms with Crippen LogP contribution in [0.2, 0.25) is 5.02 Å². The highest BCUT2D eigenvalue weighted by atomic mass is 35.5. The van der Waals surface area contributed by atoms with Gasteiger partial charge in [0.2, 0.25) is 5.91 Å². The predicted octanol–water partition coefficient (Wildman–Crippen LogP) is 3.54. The number of carbonyl (C=O) groups is 1. The van der Waals surface area contributed by atoms with Gasteiger partial charge in [-0.25, -0.2) is 0 Å². The van der Waals surface area contributed by atoms with Gasteiger partial charge in [0, 0.05) is 24.7 Å². The van der Waals surface area contributed by atoms with Crippen LogP contribution in [0, 0.1) is 5.92 Å². The van der Waals surface area contributed by atoms with Crippen molar-refractivity contribution < 1.29 is 4.79 Å². The Bertz CT molecular complexity index is 622. The molecule has 0 radical (unpaired) electrons. The van der Waals surface area contributed by atoms with Crippen molar-refractivity contribution in [3.05, 3.63) is 34.3 Å². The summed E-state index contributed by atoms with van der Waals surface area (Å²) in [4.78, 5) is 16.7. The first-order valence-electron chi connectivity index (χ1n) is 10.5. The SMILES string of the molecule is CNCC(=O)N1CCC(c2ccc(Cl)cc2CC(C)CN2CCCC2)CC1. The largest absolute Gasteiger partial charge is 0.342 e. The maximum absolute atomic E-state index is 12.1. The lowest BCUT2D eigenvalue weighted by Gasteiger charge is -2.33. The zero-order valence-corrected chi connectivity index (χ0v) is 17.6. The molecule has 0 saturated carbocycles. The molecular formula is C22H34ClN3O. The van der Waals surface area contributed by atoms with Crippen LogP contribution in [-0.4, -0.2) is 62.0 Å². The van der Waals surface area contributed by atoms with E-state index in [-0.39, 0.29) is 5.91 Å². The summed E-state index contributed by atoms with van der Waals surface area (Å²) >= 11 is 6.34. The van der Waals surface area contributed by atoms with E-state index in [0.29, 0.717) is 18.4 Å². The number of benzene rings is 1. The molecule has 0 aromatic heterocycles. The van der Waals surface area contributed by atoms with Crippen LogP contribution in [0.25, 0.3) is 0 Å². The summed E-state index contributed by atoms with van der Waals surface area (Å²) < 4.78 is 0. The van der Waals surface area contributed by atoms with Crippen LogP contribution in [-0.2, 0) is 11.2 Å². The van der Waals surface area contributed by atoms with Crippen LogP contribution in [0.15, 0.2) is 18.2 Å². The zero-order chi connectivity index (χ0) is 19.2. The monoisotopic (exact) mass is 391 g/mol. The third kappa shape index (κ3) is 5.69. The molecule has 3 rings (SSSR count). The number of hydrogen-bond acceptors (Lipinski definition) is 3. The number of halogens is 1. The van der Waals surface area contributed by atoms with Crippen molar-refractivity contribution in [1.29, 1.82) is 0 Å². The third-order valence-corrected chi connectivity index (χ3v) is 6.29. The average Bonchev–Trinajstić information content (AvgIpc) is 3.15. The van der Waals surface area contributed by atoms with Crippen LogP contribution in [0.1, 0.15) is 49.7 Å².